The lowest BCUT2D eigenvalue weighted by atomic mass is 9.94. The third-order valence-corrected chi connectivity index (χ3v) is 8.79. The fraction of sp³-hybridized carbons (Fsp3) is 0.606. The molecule has 0 aliphatic carbocycles. The number of likely N-dealkylation sites (tertiary alicyclic amines) is 1. The fourth-order valence-electron chi connectivity index (χ4n) is 6.58. The lowest BCUT2D eigenvalue weighted by Gasteiger charge is -2.38. The Kier molecular flexibility index (Phi) is 10.9. The van der Waals surface area contributed by atoms with Crippen molar-refractivity contribution in [2.45, 2.75) is 113 Å². The molecule has 2 aromatic carbocycles. The number of amides is 1. The van der Waals surface area contributed by atoms with Crippen LogP contribution in [-0.2, 0) is 32.2 Å². The van der Waals surface area contributed by atoms with Crippen LogP contribution < -0.4 is 0 Å². The van der Waals surface area contributed by atoms with Gasteiger partial charge in [0, 0.05) is 12.8 Å². The molecule has 0 bridgehead atoms. The predicted octanol–water partition coefficient (Wildman–Crippen LogP) is 4.31. The van der Waals surface area contributed by atoms with Crippen molar-refractivity contribution >= 4 is 6.09 Å². The van der Waals surface area contributed by atoms with Crippen molar-refractivity contribution in [1.29, 1.82) is 0 Å². The van der Waals surface area contributed by atoms with Crippen molar-refractivity contribution in [3.8, 4) is 0 Å². The molecule has 3 heterocycles. The molecule has 3 fully saturated rings. The van der Waals surface area contributed by atoms with Gasteiger partial charge < -0.3 is 34.3 Å². The van der Waals surface area contributed by atoms with Gasteiger partial charge in [-0.15, -0.1) is 0 Å². The molecule has 1 amide bonds. The summed E-state index contributed by atoms with van der Waals surface area (Å²) in [6.45, 7) is 1.07. The highest BCUT2D eigenvalue weighted by atomic mass is 16.7. The van der Waals surface area contributed by atoms with Crippen LogP contribution in [0.5, 0.6) is 0 Å². The second-order valence-corrected chi connectivity index (χ2v) is 11.8. The molecule has 9 heteroatoms. The van der Waals surface area contributed by atoms with Gasteiger partial charge in [-0.25, -0.2) is 4.79 Å². The van der Waals surface area contributed by atoms with E-state index >= 15 is 0 Å². The smallest absolute Gasteiger partial charge is 0.410 e. The minimum absolute atomic E-state index is 0.0143. The van der Waals surface area contributed by atoms with Gasteiger partial charge in [0.25, 0.3) is 0 Å². The SMILES string of the molecule is O=C(OCc1ccccc1)N1[C@H]([C@H](O)CCCC[C@@H]2CCC[C@]3(CCCO3)O2)[C@@H](O)[C@H](O)[C@H]1COCc1ccccc1. The van der Waals surface area contributed by atoms with E-state index in [1.54, 1.807) is 0 Å². The van der Waals surface area contributed by atoms with E-state index in [9.17, 15) is 20.1 Å². The van der Waals surface area contributed by atoms with E-state index in [1.807, 2.05) is 60.7 Å². The monoisotopic (exact) mass is 583 g/mol. The van der Waals surface area contributed by atoms with Crippen molar-refractivity contribution < 1.29 is 39.1 Å². The first-order chi connectivity index (χ1) is 20.5. The highest BCUT2D eigenvalue weighted by Crippen LogP contribution is 2.39. The van der Waals surface area contributed by atoms with E-state index in [0.717, 1.165) is 62.7 Å². The Hall–Kier alpha value is -2.53. The zero-order chi connectivity index (χ0) is 29.4. The molecule has 2 aromatic rings. The quantitative estimate of drug-likeness (QED) is 0.317. The molecular weight excluding hydrogens is 538 g/mol. The number of unbranched alkanes of at least 4 members (excludes halogenated alkanes) is 1. The third-order valence-electron chi connectivity index (χ3n) is 8.79. The summed E-state index contributed by atoms with van der Waals surface area (Å²) in [5.74, 6) is -0.398. The molecule has 1 spiro atoms. The Balaban J connectivity index is 1.18. The molecule has 230 valence electrons. The van der Waals surface area contributed by atoms with Crippen molar-refractivity contribution in [1.82, 2.24) is 4.90 Å². The molecule has 5 rings (SSSR count). The number of rotatable bonds is 12. The van der Waals surface area contributed by atoms with Crippen LogP contribution in [0.3, 0.4) is 0 Å². The van der Waals surface area contributed by atoms with Crippen LogP contribution in [0.25, 0.3) is 0 Å². The summed E-state index contributed by atoms with van der Waals surface area (Å²) in [4.78, 5) is 14.7. The van der Waals surface area contributed by atoms with Crippen LogP contribution in [0.1, 0.15) is 68.9 Å². The van der Waals surface area contributed by atoms with Gasteiger partial charge in [0.2, 0.25) is 0 Å². The van der Waals surface area contributed by atoms with Gasteiger partial charge in [0.1, 0.15) is 18.8 Å². The zero-order valence-electron chi connectivity index (χ0n) is 24.3. The summed E-state index contributed by atoms with van der Waals surface area (Å²) in [5.41, 5.74) is 1.77. The molecule has 3 N–H and O–H groups in total. The summed E-state index contributed by atoms with van der Waals surface area (Å²) < 4.78 is 23.7. The van der Waals surface area contributed by atoms with Crippen LogP contribution in [0.15, 0.2) is 60.7 Å². The van der Waals surface area contributed by atoms with Crippen molar-refractivity contribution in [3.63, 3.8) is 0 Å². The number of nitrogens with zero attached hydrogens (tertiary/aromatic N) is 1. The Morgan fingerprint density at radius 1 is 0.952 bits per heavy atom. The summed E-state index contributed by atoms with van der Waals surface area (Å²) in [6.07, 6.45) is 3.57. The maximum Gasteiger partial charge on any atom is 0.410 e. The van der Waals surface area contributed by atoms with Crippen LogP contribution in [0.2, 0.25) is 0 Å². The number of carbonyl (C=O) groups is 1. The third kappa shape index (κ3) is 7.70. The fourth-order valence-corrected chi connectivity index (χ4v) is 6.58. The van der Waals surface area contributed by atoms with E-state index in [-0.39, 0.29) is 25.9 Å². The molecule has 0 unspecified atom stereocenters. The zero-order valence-corrected chi connectivity index (χ0v) is 24.3. The number of hydrogen-bond donors (Lipinski definition) is 3. The van der Waals surface area contributed by atoms with Crippen LogP contribution in [0, 0.1) is 0 Å². The Labute approximate surface area is 248 Å². The minimum atomic E-state index is -1.34. The standard InChI is InChI=1S/C33H45NO8/c35-28(17-8-7-15-26-16-9-18-33(42-26)19-10-20-41-33)29-31(37)30(36)27(23-39-21-24-11-3-1-4-12-24)34(29)32(38)40-22-25-13-5-2-6-14-25/h1-6,11-14,26-31,35-37H,7-10,15-23H2/t26-,27-,28-,29-,30-,31-,33-/m1/s1. The topological polar surface area (TPSA) is 118 Å². The van der Waals surface area contributed by atoms with E-state index < -0.39 is 42.3 Å². The molecule has 3 aliphatic heterocycles. The van der Waals surface area contributed by atoms with Gasteiger partial charge in [-0.1, -0.05) is 73.5 Å². The first-order valence-corrected chi connectivity index (χ1v) is 15.4. The van der Waals surface area contributed by atoms with Gasteiger partial charge in [-0.2, -0.15) is 0 Å². The Morgan fingerprint density at radius 2 is 1.64 bits per heavy atom. The maximum absolute atomic E-state index is 13.4. The number of aliphatic hydroxyl groups is 3. The first-order valence-electron chi connectivity index (χ1n) is 15.4. The lowest BCUT2D eigenvalue weighted by Crippen LogP contribution is -2.51. The Morgan fingerprint density at radius 3 is 2.33 bits per heavy atom. The highest BCUT2D eigenvalue weighted by molar-refractivity contribution is 5.69. The predicted molar refractivity (Wildman–Crippen MR) is 155 cm³/mol. The highest BCUT2D eigenvalue weighted by Gasteiger charge is 2.53. The largest absolute Gasteiger partial charge is 0.445 e. The van der Waals surface area contributed by atoms with E-state index in [1.165, 1.54) is 4.90 Å². The van der Waals surface area contributed by atoms with Crippen LogP contribution >= 0.6 is 0 Å². The second-order valence-electron chi connectivity index (χ2n) is 11.8. The molecular formula is C33H45NO8. The summed E-state index contributed by atoms with van der Waals surface area (Å²) in [5, 5.41) is 33.3. The first kappa shape index (κ1) is 30.9. The minimum Gasteiger partial charge on any atom is -0.445 e. The van der Waals surface area contributed by atoms with Gasteiger partial charge >= 0.3 is 6.09 Å². The summed E-state index contributed by atoms with van der Waals surface area (Å²) >= 11 is 0. The molecule has 3 aliphatic rings. The molecule has 3 saturated heterocycles. The van der Waals surface area contributed by atoms with Gasteiger partial charge in [-0.05, 0) is 43.2 Å². The number of aliphatic hydroxyl groups excluding tert-OH is 3. The van der Waals surface area contributed by atoms with Gasteiger partial charge in [0.15, 0.2) is 5.79 Å². The summed E-state index contributed by atoms with van der Waals surface area (Å²) in [7, 11) is 0. The number of ether oxygens (including phenoxy) is 4. The second kappa shape index (κ2) is 14.8. The molecule has 42 heavy (non-hydrogen) atoms. The van der Waals surface area contributed by atoms with Crippen molar-refractivity contribution in [2.24, 2.45) is 0 Å². The van der Waals surface area contributed by atoms with E-state index in [0.29, 0.717) is 12.8 Å². The number of carbonyl (C=O) groups excluding carboxylic acids is 1. The van der Waals surface area contributed by atoms with Gasteiger partial charge in [-0.3, -0.25) is 4.90 Å². The van der Waals surface area contributed by atoms with Gasteiger partial charge in [0.05, 0.1) is 44.1 Å². The normalized spacial score (nSPS) is 30.1. The maximum atomic E-state index is 13.4. The van der Waals surface area contributed by atoms with Crippen LogP contribution in [-0.4, -0.2) is 81.8 Å². The van der Waals surface area contributed by atoms with Crippen LogP contribution in [0.4, 0.5) is 4.79 Å². The Bertz CT molecular complexity index is 1100. The van der Waals surface area contributed by atoms with Crippen molar-refractivity contribution in [2.75, 3.05) is 13.2 Å². The molecule has 0 radical (unpaired) electrons. The van der Waals surface area contributed by atoms with Crippen molar-refractivity contribution in [3.05, 3.63) is 71.8 Å². The molecule has 7 atom stereocenters. The molecule has 0 aromatic heterocycles. The van der Waals surface area contributed by atoms with E-state index in [2.05, 4.69) is 0 Å². The number of benzene rings is 2. The average Bonchev–Trinajstić information content (AvgIpc) is 3.56. The number of hydrogen-bond acceptors (Lipinski definition) is 8. The summed E-state index contributed by atoms with van der Waals surface area (Å²) in [6, 6.07) is 17.0. The van der Waals surface area contributed by atoms with E-state index in [4.69, 9.17) is 18.9 Å². The molecule has 0 saturated carbocycles. The lowest BCUT2D eigenvalue weighted by molar-refractivity contribution is -0.258. The molecule has 9 nitrogen and oxygen atoms in total. The average molecular weight is 584 g/mol.